The molecule has 0 amide bonds. The number of halogens is 2. The molecule has 4 aromatic rings. The van der Waals surface area contributed by atoms with Crippen molar-refractivity contribution in [2.24, 2.45) is 0 Å². The Kier molecular flexibility index (Phi) is 5.20. The number of hydrogen-bond donors (Lipinski definition) is 2. The van der Waals surface area contributed by atoms with Crippen molar-refractivity contribution in [3.05, 3.63) is 57.1 Å². The van der Waals surface area contributed by atoms with E-state index in [4.69, 9.17) is 27.6 Å². The van der Waals surface area contributed by atoms with Crippen LogP contribution in [-0.2, 0) is 0 Å². The van der Waals surface area contributed by atoms with E-state index in [0.29, 0.717) is 57.4 Å². The highest BCUT2D eigenvalue weighted by atomic mass is 35.5. The standard InChI is InChI=1S/C20H18Cl2N4O3S/c21-11-3-4-13(14(22)10-11)16(25-7-5-12(27)6-8-25)17-19(28)26-20(30-17)23-18(24-26)15-2-1-9-29-15/h1-4,9-10,12,16,27-28H,5-8H2/t16-/m0/s1. The SMILES string of the molecule is Oc1c([C@H](c2ccc(Cl)cc2Cl)N2CCC(O)CC2)sc2nc(-c3ccco3)nn12. The molecule has 0 radical (unpaired) electrons. The number of aliphatic hydroxyl groups excluding tert-OH is 1. The Morgan fingerprint density at radius 1 is 1.20 bits per heavy atom. The van der Waals surface area contributed by atoms with Gasteiger partial charge in [0, 0.05) is 23.1 Å². The molecule has 1 aliphatic heterocycles. The van der Waals surface area contributed by atoms with E-state index in [0.717, 1.165) is 5.56 Å². The summed E-state index contributed by atoms with van der Waals surface area (Å²) in [6.45, 7) is 1.35. The van der Waals surface area contributed by atoms with E-state index in [1.54, 1.807) is 30.5 Å². The van der Waals surface area contributed by atoms with Gasteiger partial charge in [0.2, 0.25) is 16.7 Å². The first-order valence-electron chi connectivity index (χ1n) is 9.50. The van der Waals surface area contributed by atoms with Crippen molar-refractivity contribution >= 4 is 39.5 Å². The van der Waals surface area contributed by atoms with Crippen LogP contribution in [0.15, 0.2) is 41.0 Å². The molecule has 2 N–H and O–H groups in total. The van der Waals surface area contributed by atoms with Crippen LogP contribution in [0.3, 0.4) is 0 Å². The fourth-order valence-corrected chi connectivity index (χ4v) is 5.43. The van der Waals surface area contributed by atoms with Crippen LogP contribution in [0.25, 0.3) is 16.5 Å². The fraction of sp³-hybridized carbons (Fsp3) is 0.300. The molecular formula is C20H18Cl2N4O3S. The van der Waals surface area contributed by atoms with E-state index in [1.165, 1.54) is 15.9 Å². The van der Waals surface area contributed by atoms with Crippen molar-refractivity contribution in [2.75, 3.05) is 13.1 Å². The normalized spacial score (nSPS) is 17.0. The largest absolute Gasteiger partial charge is 0.492 e. The lowest BCUT2D eigenvalue weighted by atomic mass is 9.99. The van der Waals surface area contributed by atoms with E-state index in [9.17, 15) is 10.2 Å². The zero-order valence-electron chi connectivity index (χ0n) is 15.7. The summed E-state index contributed by atoms with van der Waals surface area (Å²) in [5.74, 6) is 0.965. The summed E-state index contributed by atoms with van der Waals surface area (Å²) < 4.78 is 6.78. The van der Waals surface area contributed by atoms with E-state index in [1.807, 2.05) is 6.07 Å². The average molecular weight is 465 g/mol. The smallest absolute Gasteiger partial charge is 0.230 e. The zero-order valence-corrected chi connectivity index (χ0v) is 18.0. The monoisotopic (exact) mass is 464 g/mol. The molecule has 1 saturated heterocycles. The predicted molar refractivity (Wildman–Crippen MR) is 115 cm³/mol. The first-order valence-corrected chi connectivity index (χ1v) is 11.1. The lowest BCUT2D eigenvalue weighted by Crippen LogP contribution is -2.38. The Morgan fingerprint density at radius 2 is 2.00 bits per heavy atom. The topological polar surface area (TPSA) is 87.0 Å². The second kappa shape index (κ2) is 7.86. The molecule has 1 atom stereocenters. The van der Waals surface area contributed by atoms with Crippen LogP contribution in [0, 0.1) is 0 Å². The van der Waals surface area contributed by atoms with Gasteiger partial charge >= 0.3 is 0 Å². The number of aliphatic hydroxyl groups is 1. The van der Waals surface area contributed by atoms with Crippen LogP contribution in [0.1, 0.15) is 29.3 Å². The van der Waals surface area contributed by atoms with Gasteiger partial charge in [-0.05, 0) is 42.7 Å². The maximum atomic E-state index is 11.1. The summed E-state index contributed by atoms with van der Waals surface area (Å²) in [5, 5.41) is 26.5. The average Bonchev–Trinajstić information content (AvgIpc) is 3.44. The van der Waals surface area contributed by atoms with Crippen LogP contribution >= 0.6 is 34.5 Å². The number of benzene rings is 1. The van der Waals surface area contributed by atoms with Gasteiger partial charge < -0.3 is 14.6 Å². The molecule has 4 heterocycles. The summed E-state index contributed by atoms with van der Waals surface area (Å²) in [6, 6.07) is 8.60. The third-order valence-electron chi connectivity index (χ3n) is 5.31. The molecule has 1 fully saturated rings. The number of thiazole rings is 1. The van der Waals surface area contributed by atoms with E-state index >= 15 is 0 Å². The molecule has 5 rings (SSSR count). The Hall–Kier alpha value is -2.10. The van der Waals surface area contributed by atoms with Crippen LogP contribution in [0.4, 0.5) is 0 Å². The van der Waals surface area contributed by atoms with Gasteiger partial charge in [0.05, 0.1) is 23.3 Å². The minimum absolute atomic E-state index is 0.0162. The molecule has 7 nitrogen and oxygen atoms in total. The van der Waals surface area contributed by atoms with Gasteiger partial charge in [-0.15, -0.1) is 5.10 Å². The Balaban J connectivity index is 1.60. The molecule has 0 bridgehead atoms. The molecule has 1 aromatic carbocycles. The van der Waals surface area contributed by atoms with Crippen molar-refractivity contribution in [1.82, 2.24) is 19.5 Å². The molecule has 0 unspecified atom stereocenters. The minimum Gasteiger partial charge on any atom is -0.492 e. The van der Waals surface area contributed by atoms with E-state index in [-0.39, 0.29) is 18.0 Å². The number of nitrogens with zero attached hydrogens (tertiary/aromatic N) is 4. The van der Waals surface area contributed by atoms with E-state index in [2.05, 4.69) is 15.0 Å². The number of aromatic hydroxyl groups is 1. The lowest BCUT2D eigenvalue weighted by Gasteiger charge is -2.36. The predicted octanol–water partition coefficient (Wildman–Crippen LogP) is 4.61. The third-order valence-corrected chi connectivity index (χ3v) is 6.95. The van der Waals surface area contributed by atoms with Gasteiger partial charge in [-0.2, -0.15) is 9.50 Å². The number of likely N-dealkylation sites (tertiary alicyclic amines) is 1. The van der Waals surface area contributed by atoms with Gasteiger partial charge in [0.15, 0.2) is 5.76 Å². The van der Waals surface area contributed by atoms with Crippen LogP contribution in [0.2, 0.25) is 10.0 Å². The summed E-state index contributed by atoms with van der Waals surface area (Å²) in [5.41, 5.74) is 0.837. The summed E-state index contributed by atoms with van der Waals surface area (Å²) >= 11 is 14.0. The highest BCUT2D eigenvalue weighted by molar-refractivity contribution is 7.17. The van der Waals surface area contributed by atoms with Crippen LogP contribution in [-0.4, -0.2) is 48.9 Å². The minimum atomic E-state index is -0.311. The molecule has 0 aliphatic carbocycles. The number of piperidine rings is 1. The van der Waals surface area contributed by atoms with Crippen LogP contribution in [0.5, 0.6) is 5.88 Å². The quantitative estimate of drug-likeness (QED) is 0.458. The van der Waals surface area contributed by atoms with Gasteiger partial charge in [0.25, 0.3) is 0 Å². The van der Waals surface area contributed by atoms with Crippen molar-refractivity contribution in [3.63, 3.8) is 0 Å². The highest BCUT2D eigenvalue weighted by Gasteiger charge is 2.33. The summed E-state index contributed by atoms with van der Waals surface area (Å²) in [4.78, 5) is 7.97. The van der Waals surface area contributed by atoms with Gasteiger partial charge in [-0.1, -0.05) is 40.6 Å². The summed E-state index contributed by atoms with van der Waals surface area (Å²) in [6.07, 6.45) is 2.56. The second-order valence-electron chi connectivity index (χ2n) is 7.23. The molecule has 156 valence electrons. The number of hydrogen-bond acceptors (Lipinski definition) is 7. The van der Waals surface area contributed by atoms with Crippen molar-refractivity contribution in [3.8, 4) is 17.5 Å². The zero-order chi connectivity index (χ0) is 20.8. The molecular weight excluding hydrogens is 447 g/mol. The van der Waals surface area contributed by atoms with Crippen molar-refractivity contribution < 1.29 is 14.6 Å². The number of rotatable bonds is 4. The molecule has 1 aliphatic rings. The molecule has 0 spiro atoms. The molecule has 3 aromatic heterocycles. The maximum absolute atomic E-state index is 11.1. The maximum Gasteiger partial charge on any atom is 0.230 e. The van der Waals surface area contributed by atoms with Gasteiger partial charge in [0.1, 0.15) is 0 Å². The van der Waals surface area contributed by atoms with Crippen LogP contribution < -0.4 is 0 Å². The van der Waals surface area contributed by atoms with Crippen molar-refractivity contribution in [2.45, 2.75) is 25.0 Å². The Labute approximate surface area is 186 Å². The molecule has 30 heavy (non-hydrogen) atoms. The Bertz CT molecular complexity index is 1180. The number of fused-ring (bicyclic) bond motifs is 1. The molecule has 0 saturated carbocycles. The van der Waals surface area contributed by atoms with E-state index < -0.39 is 0 Å². The van der Waals surface area contributed by atoms with Gasteiger partial charge in [-0.25, -0.2) is 0 Å². The number of aromatic nitrogens is 3. The van der Waals surface area contributed by atoms with Gasteiger partial charge in [-0.3, -0.25) is 4.90 Å². The second-order valence-corrected chi connectivity index (χ2v) is 9.09. The lowest BCUT2D eigenvalue weighted by molar-refractivity contribution is 0.0690. The third kappa shape index (κ3) is 3.48. The molecule has 10 heteroatoms. The Morgan fingerprint density at radius 3 is 2.67 bits per heavy atom. The first kappa shape index (κ1) is 19.8. The first-order chi connectivity index (χ1) is 14.5. The highest BCUT2D eigenvalue weighted by Crippen LogP contribution is 2.43. The fourth-order valence-electron chi connectivity index (χ4n) is 3.81. The number of furan rings is 1. The summed E-state index contributed by atoms with van der Waals surface area (Å²) in [7, 11) is 0. The van der Waals surface area contributed by atoms with Crippen molar-refractivity contribution in [1.29, 1.82) is 0 Å².